The lowest BCUT2D eigenvalue weighted by molar-refractivity contribution is -0.276. The van der Waals surface area contributed by atoms with E-state index in [9.17, 15) is 22.0 Å². The van der Waals surface area contributed by atoms with Gasteiger partial charge < -0.3 is 4.74 Å². The van der Waals surface area contributed by atoms with Crippen LogP contribution >= 0.6 is 0 Å². The highest BCUT2D eigenvalue weighted by molar-refractivity contribution is 5.31. The molecule has 2 saturated carbocycles. The van der Waals surface area contributed by atoms with Crippen molar-refractivity contribution in [2.45, 2.75) is 96.8 Å². The normalized spacial score (nSPS) is 26.6. The highest BCUT2D eigenvalue weighted by Crippen LogP contribution is 2.43. The molecule has 0 aromatic heterocycles. The third kappa shape index (κ3) is 8.29. The Labute approximate surface area is 194 Å². The Balaban J connectivity index is 1.38. The first kappa shape index (κ1) is 26.0. The van der Waals surface area contributed by atoms with E-state index in [1.807, 2.05) is 0 Å². The zero-order valence-electron chi connectivity index (χ0n) is 19.6. The summed E-state index contributed by atoms with van der Waals surface area (Å²) in [5, 5.41) is 0. The van der Waals surface area contributed by atoms with Crippen LogP contribution in [0.2, 0.25) is 0 Å². The molecule has 1 nitrogen and oxygen atoms in total. The Morgan fingerprint density at radius 3 is 1.82 bits per heavy atom. The largest absolute Gasteiger partial charge is 0.573 e. The van der Waals surface area contributed by atoms with Crippen molar-refractivity contribution in [2.24, 2.45) is 23.7 Å². The second kappa shape index (κ2) is 12.2. The average Bonchev–Trinajstić information content (AvgIpc) is 2.78. The van der Waals surface area contributed by atoms with Crippen molar-refractivity contribution < 1.29 is 26.7 Å². The number of hydrogen-bond donors (Lipinski definition) is 0. The van der Waals surface area contributed by atoms with Crippen LogP contribution in [0.1, 0.15) is 89.5 Å². The van der Waals surface area contributed by atoms with E-state index in [4.69, 9.17) is 0 Å². The summed E-state index contributed by atoms with van der Waals surface area (Å²) >= 11 is 0. The average molecular weight is 473 g/mol. The van der Waals surface area contributed by atoms with Gasteiger partial charge in [-0.3, -0.25) is 0 Å². The number of benzene rings is 1. The lowest BCUT2D eigenvalue weighted by Crippen LogP contribution is -2.26. The maximum atomic E-state index is 13.9. The number of ether oxygens (including phenoxy) is 1. The van der Waals surface area contributed by atoms with Gasteiger partial charge in [-0.15, -0.1) is 13.2 Å². The topological polar surface area (TPSA) is 9.23 Å². The summed E-state index contributed by atoms with van der Waals surface area (Å²) in [6, 6.07) is 1.93. The van der Waals surface area contributed by atoms with Gasteiger partial charge in [-0.05, 0) is 99.2 Å². The van der Waals surface area contributed by atoms with Crippen LogP contribution in [0.4, 0.5) is 22.0 Å². The molecule has 0 spiro atoms. The Morgan fingerprint density at radius 1 is 0.818 bits per heavy atom. The number of allylic oxidation sites excluding steroid dienone is 2. The summed E-state index contributed by atoms with van der Waals surface area (Å²) in [6.45, 7) is 2.17. The van der Waals surface area contributed by atoms with Crippen molar-refractivity contribution in [2.75, 3.05) is 0 Å². The lowest BCUT2D eigenvalue weighted by Gasteiger charge is -2.38. The van der Waals surface area contributed by atoms with Gasteiger partial charge >= 0.3 is 6.36 Å². The highest BCUT2D eigenvalue weighted by atomic mass is 19.4. The standard InChI is InChI=1S/C27H37F5O/c1-2-3-4-5-6-19-9-13-22(14-10-19)23-15-11-20(12-16-23)7-8-21-17-24(28)26(25(29)18-21)33-27(30,31)32/h3-4,17-20,22-23H,2,5-16H2,1H3/b4-3+/t19-,20-,22-,23-. The van der Waals surface area contributed by atoms with E-state index in [1.165, 1.54) is 51.4 Å². The first-order chi connectivity index (χ1) is 15.7. The number of rotatable bonds is 9. The fourth-order valence-corrected chi connectivity index (χ4v) is 5.85. The van der Waals surface area contributed by atoms with Crippen molar-refractivity contribution in [1.82, 2.24) is 0 Å². The predicted molar refractivity (Wildman–Crippen MR) is 121 cm³/mol. The van der Waals surface area contributed by atoms with Crippen LogP contribution in [0.3, 0.4) is 0 Å². The number of alkyl halides is 3. The van der Waals surface area contributed by atoms with E-state index < -0.39 is 23.7 Å². The second-order valence-corrected chi connectivity index (χ2v) is 9.99. The van der Waals surface area contributed by atoms with E-state index in [1.54, 1.807) is 0 Å². The zero-order chi connectivity index (χ0) is 23.8. The molecule has 2 fully saturated rings. The van der Waals surface area contributed by atoms with E-state index >= 15 is 0 Å². The fourth-order valence-electron chi connectivity index (χ4n) is 5.85. The Morgan fingerprint density at radius 2 is 1.33 bits per heavy atom. The van der Waals surface area contributed by atoms with Crippen LogP contribution in [-0.2, 0) is 6.42 Å². The molecule has 0 amide bonds. The predicted octanol–water partition coefficient (Wildman–Crippen LogP) is 9.16. The number of hydrogen-bond acceptors (Lipinski definition) is 1. The third-order valence-corrected chi connectivity index (χ3v) is 7.71. The lowest BCUT2D eigenvalue weighted by atomic mass is 9.68. The molecule has 2 aliphatic carbocycles. The molecule has 6 heteroatoms. The summed E-state index contributed by atoms with van der Waals surface area (Å²) in [5.41, 5.74) is 0.383. The molecule has 0 atom stereocenters. The van der Waals surface area contributed by atoms with E-state index in [0.29, 0.717) is 17.9 Å². The Kier molecular flexibility index (Phi) is 9.63. The molecule has 3 rings (SSSR count). The number of halogens is 5. The molecular weight excluding hydrogens is 435 g/mol. The van der Waals surface area contributed by atoms with Gasteiger partial charge in [0.1, 0.15) is 0 Å². The molecule has 2 aliphatic rings. The maximum Gasteiger partial charge on any atom is 0.573 e. The minimum absolute atomic E-state index is 0.383. The van der Waals surface area contributed by atoms with E-state index in [2.05, 4.69) is 23.8 Å². The molecule has 0 radical (unpaired) electrons. The van der Waals surface area contributed by atoms with Crippen LogP contribution < -0.4 is 4.74 Å². The molecule has 0 unspecified atom stereocenters. The summed E-state index contributed by atoms with van der Waals surface area (Å²) in [7, 11) is 0. The van der Waals surface area contributed by atoms with Gasteiger partial charge in [-0.25, -0.2) is 8.78 Å². The molecule has 0 aliphatic heterocycles. The van der Waals surface area contributed by atoms with Crippen LogP contribution in [0.15, 0.2) is 24.3 Å². The van der Waals surface area contributed by atoms with Crippen molar-refractivity contribution in [3.05, 3.63) is 41.5 Å². The van der Waals surface area contributed by atoms with Crippen molar-refractivity contribution in [3.8, 4) is 5.75 Å². The summed E-state index contributed by atoms with van der Waals surface area (Å²) in [4.78, 5) is 0. The van der Waals surface area contributed by atoms with Crippen LogP contribution in [-0.4, -0.2) is 6.36 Å². The van der Waals surface area contributed by atoms with Crippen LogP contribution in [0.25, 0.3) is 0 Å². The monoisotopic (exact) mass is 472 g/mol. The Hall–Kier alpha value is -1.59. The quantitative estimate of drug-likeness (QED) is 0.257. The van der Waals surface area contributed by atoms with E-state index in [-0.39, 0.29) is 0 Å². The summed E-state index contributed by atoms with van der Waals surface area (Å²) in [5.74, 6) is -0.938. The molecule has 186 valence electrons. The third-order valence-electron chi connectivity index (χ3n) is 7.71. The molecule has 0 heterocycles. The van der Waals surface area contributed by atoms with Crippen molar-refractivity contribution >= 4 is 0 Å². The smallest absolute Gasteiger partial charge is 0.399 e. The molecule has 0 saturated heterocycles. The maximum absolute atomic E-state index is 13.9. The molecule has 0 bridgehead atoms. The molecule has 1 aromatic rings. The minimum atomic E-state index is -5.12. The number of aryl methyl sites for hydroxylation is 1. The zero-order valence-corrected chi connectivity index (χ0v) is 19.6. The SMILES string of the molecule is CC/C=C/CC[C@H]1CC[C@H]([C@H]2CC[C@H](CCc3cc(F)c(OC(F)(F)F)c(F)c3)CC2)CC1. The van der Waals surface area contributed by atoms with Crippen molar-refractivity contribution in [1.29, 1.82) is 0 Å². The second-order valence-electron chi connectivity index (χ2n) is 9.99. The van der Waals surface area contributed by atoms with Gasteiger partial charge in [0.25, 0.3) is 0 Å². The first-order valence-electron chi connectivity index (χ1n) is 12.6. The first-order valence-corrected chi connectivity index (χ1v) is 12.6. The van der Waals surface area contributed by atoms with E-state index in [0.717, 1.165) is 55.6 Å². The van der Waals surface area contributed by atoms with Crippen LogP contribution in [0.5, 0.6) is 5.75 Å². The van der Waals surface area contributed by atoms with Gasteiger partial charge in [-0.2, -0.15) is 0 Å². The highest BCUT2D eigenvalue weighted by Gasteiger charge is 2.34. The summed E-state index contributed by atoms with van der Waals surface area (Å²) in [6.07, 6.45) is 14.5. The minimum Gasteiger partial charge on any atom is -0.399 e. The molecular formula is C27H37F5O. The van der Waals surface area contributed by atoms with Crippen molar-refractivity contribution in [3.63, 3.8) is 0 Å². The van der Waals surface area contributed by atoms with Crippen LogP contribution in [0, 0.1) is 35.3 Å². The summed E-state index contributed by atoms with van der Waals surface area (Å²) < 4.78 is 68.2. The van der Waals surface area contributed by atoms with Gasteiger partial charge in [0, 0.05) is 0 Å². The van der Waals surface area contributed by atoms with Gasteiger partial charge in [-0.1, -0.05) is 44.8 Å². The molecule has 0 N–H and O–H groups in total. The van der Waals surface area contributed by atoms with Gasteiger partial charge in [0.05, 0.1) is 0 Å². The van der Waals surface area contributed by atoms with Gasteiger partial charge in [0.2, 0.25) is 5.75 Å². The van der Waals surface area contributed by atoms with Gasteiger partial charge in [0.15, 0.2) is 11.6 Å². The molecule has 33 heavy (non-hydrogen) atoms. The Bertz CT molecular complexity index is 733. The molecule has 1 aromatic carbocycles. The fraction of sp³-hybridized carbons (Fsp3) is 0.704.